The zero-order chi connectivity index (χ0) is 33.7. The van der Waals surface area contributed by atoms with E-state index in [1.165, 1.54) is 21.9 Å². The van der Waals surface area contributed by atoms with Crippen LogP contribution in [0.3, 0.4) is 0 Å². The normalized spacial score (nSPS) is 11.5. The van der Waals surface area contributed by atoms with Gasteiger partial charge in [0.15, 0.2) is 5.58 Å². The summed E-state index contributed by atoms with van der Waals surface area (Å²) < 4.78 is 12.7. The predicted molar refractivity (Wildman–Crippen MR) is 210 cm³/mol. The van der Waals surface area contributed by atoms with Crippen molar-refractivity contribution < 1.29 is 8.83 Å². The van der Waals surface area contributed by atoms with E-state index in [9.17, 15) is 0 Å². The number of hydrogen-bond donors (Lipinski definition) is 0. The first-order valence-corrected chi connectivity index (χ1v) is 17.1. The Morgan fingerprint density at radius 2 is 1.04 bits per heavy atom. The summed E-state index contributed by atoms with van der Waals surface area (Å²) in [6, 6.07) is 63.6. The van der Waals surface area contributed by atoms with Crippen LogP contribution in [-0.2, 0) is 0 Å². The van der Waals surface area contributed by atoms with Crippen molar-refractivity contribution >= 4 is 60.9 Å². The molecular formula is C47H30N2O2. The van der Waals surface area contributed by atoms with E-state index in [-0.39, 0.29) is 0 Å². The smallest absolute Gasteiger partial charge is 0.228 e. The van der Waals surface area contributed by atoms with Crippen molar-refractivity contribution in [2.75, 3.05) is 4.90 Å². The highest BCUT2D eigenvalue weighted by Crippen LogP contribution is 2.43. The second-order valence-electron chi connectivity index (χ2n) is 12.8. The maximum Gasteiger partial charge on any atom is 0.228 e. The van der Waals surface area contributed by atoms with Crippen LogP contribution in [0.5, 0.6) is 0 Å². The largest absolute Gasteiger partial charge is 0.456 e. The van der Waals surface area contributed by atoms with Crippen molar-refractivity contribution in [3.05, 3.63) is 182 Å². The number of oxazole rings is 1. The highest BCUT2D eigenvalue weighted by molar-refractivity contribution is 6.13. The van der Waals surface area contributed by atoms with Crippen LogP contribution in [0.25, 0.3) is 77.5 Å². The standard InChI is InChI=1S/C47H30N2O2/c1-2-11-31(12-3-1)34-15-8-17-37(28-34)49(38-18-9-16-35(29-38)36-24-23-32-13-4-5-14-33(32)27-36)39-25-26-43-41(30-39)46-40(19-10-22-45(46)50-43)47-48-42-20-6-7-21-44(42)51-47/h1-30H. The van der Waals surface area contributed by atoms with Crippen LogP contribution in [0.2, 0.25) is 0 Å². The lowest BCUT2D eigenvalue weighted by Gasteiger charge is -2.26. The maximum atomic E-state index is 6.44. The number of anilines is 3. The zero-order valence-electron chi connectivity index (χ0n) is 27.5. The van der Waals surface area contributed by atoms with Crippen LogP contribution in [0.4, 0.5) is 17.1 Å². The number of rotatable bonds is 6. The molecule has 0 fully saturated rings. The lowest BCUT2D eigenvalue weighted by Crippen LogP contribution is -2.10. The van der Waals surface area contributed by atoms with E-state index in [1.807, 2.05) is 36.4 Å². The highest BCUT2D eigenvalue weighted by atomic mass is 16.3. The molecule has 0 bridgehead atoms. The molecule has 0 radical (unpaired) electrons. The summed E-state index contributed by atoms with van der Waals surface area (Å²) in [6.07, 6.45) is 0. The minimum atomic E-state index is 0.574. The molecule has 0 unspecified atom stereocenters. The van der Waals surface area contributed by atoms with Crippen molar-refractivity contribution in [1.82, 2.24) is 4.98 Å². The van der Waals surface area contributed by atoms with Crippen LogP contribution >= 0.6 is 0 Å². The fourth-order valence-electron chi connectivity index (χ4n) is 7.22. The molecule has 0 saturated carbocycles. The summed E-state index contributed by atoms with van der Waals surface area (Å²) in [5, 5.41) is 4.42. The van der Waals surface area contributed by atoms with Crippen molar-refractivity contribution in [2.24, 2.45) is 0 Å². The molecule has 8 aromatic carbocycles. The number of furan rings is 1. The second-order valence-corrected chi connectivity index (χ2v) is 12.8. The molecule has 0 aliphatic rings. The Morgan fingerprint density at radius 3 is 1.86 bits per heavy atom. The van der Waals surface area contributed by atoms with E-state index in [0.717, 1.165) is 66.8 Å². The minimum absolute atomic E-state index is 0.574. The number of benzene rings is 8. The first-order chi connectivity index (χ1) is 25.2. The average molecular weight is 655 g/mol. The summed E-state index contributed by atoms with van der Waals surface area (Å²) in [7, 11) is 0. The highest BCUT2D eigenvalue weighted by Gasteiger charge is 2.20. The molecule has 0 spiro atoms. The number of hydrogen-bond acceptors (Lipinski definition) is 4. The molecule has 0 amide bonds. The predicted octanol–water partition coefficient (Wildman–Crippen LogP) is 13.4. The van der Waals surface area contributed by atoms with E-state index < -0.39 is 0 Å². The van der Waals surface area contributed by atoms with Gasteiger partial charge < -0.3 is 13.7 Å². The van der Waals surface area contributed by atoms with Gasteiger partial charge in [-0.3, -0.25) is 0 Å². The van der Waals surface area contributed by atoms with Crippen molar-refractivity contribution in [1.29, 1.82) is 0 Å². The molecule has 10 aromatic rings. The van der Waals surface area contributed by atoms with E-state index in [2.05, 4.69) is 150 Å². The van der Waals surface area contributed by atoms with Crippen LogP contribution in [0.15, 0.2) is 191 Å². The summed E-state index contributed by atoms with van der Waals surface area (Å²) >= 11 is 0. The molecule has 240 valence electrons. The Morgan fingerprint density at radius 1 is 0.392 bits per heavy atom. The van der Waals surface area contributed by atoms with E-state index in [4.69, 9.17) is 13.8 Å². The van der Waals surface area contributed by atoms with Gasteiger partial charge in [-0.25, -0.2) is 4.98 Å². The van der Waals surface area contributed by atoms with Gasteiger partial charge in [-0.2, -0.15) is 0 Å². The first-order valence-electron chi connectivity index (χ1n) is 17.1. The van der Waals surface area contributed by atoms with Crippen molar-refractivity contribution in [2.45, 2.75) is 0 Å². The Labute approximate surface area is 294 Å². The van der Waals surface area contributed by atoms with Gasteiger partial charge in [0.25, 0.3) is 0 Å². The van der Waals surface area contributed by atoms with Gasteiger partial charge in [0.2, 0.25) is 5.89 Å². The number of fused-ring (bicyclic) bond motifs is 5. The lowest BCUT2D eigenvalue weighted by molar-refractivity contribution is 0.620. The SMILES string of the molecule is c1ccc(-c2cccc(N(c3cccc(-c4ccc5ccccc5c4)c3)c3ccc4oc5cccc(-c6nc7ccccc7o6)c5c4c3)c2)cc1. The third kappa shape index (κ3) is 5.13. The van der Waals surface area contributed by atoms with Gasteiger partial charge in [0.05, 0.1) is 0 Å². The molecule has 2 heterocycles. The number of nitrogens with zero attached hydrogens (tertiary/aromatic N) is 2. The topological polar surface area (TPSA) is 42.4 Å². The molecule has 0 aliphatic carbocycles. The fraction of sp³-hybridized carbons (Fsp3) is 0. The van der Waals surface area contributed by atoms with Crippen LogP contribution < -0.4 is 4.90 Å². The molecule has 4 nitrogen and oxygen atoms in total. The number of para-hydroxylation sites is 2. The first kappa shape index (κ1) is 29.0. The fourth-order valence-corrected chi connectivity index (χ4v) is 7.22. The molecule has 0 N–H and O–H groups in total. The monoisotopic (exact) mass is 654 g/mol. The Balaban J connectivity index is 1.17. The van der Waals surface area contributed by atoms with Gasteiger partial charge in [-0.05, 0) is 106 Å². The van der Waals surface area contributed by atoms with Gasteiger partial charge >= 0.3 is 0 Å². The maximum absolute atomic E-state index is 6.44. The molecule has 0 saturated heterocycles. The van der Waals surface area contributed by atoms with Gasteiger partial charge in [0.1, 0.15) is 16.7 Å². The van der Waals surface area contributed by atoms with Crippen LogP contribution in [0, 0.1) is 0 Å². The number of aromatic nitrogens is 1. The molecule has 0 aliphatic heterocycles. The molecule has 0 atom stereocenters. The average Bonchev–Trinajstić information content (AvgIpc) is 3.80. The van der Waals surface area contributed by atoms with Crippen LogP contribution in [0.1, 0.15) is 0 Å². The Hall–Kier alpha value is -6.91. The van der Waals surface area contributed by atoms with E-state index in [1.54, 1.807) is 0 Å². The van der Waals surface area contributed by atoms with E-state index in [0.29, 0.717) is 5.89 Å². The third-order valence-corrected chi connectivity index (χ3v) is 9.66. The third-order valence-electron chi connectivity index (χ3n) is 9.66. The van der Waals surface area contributed by atoms with E-state index >= 15 is 0 Å². The Kier molecular flexibility index (Phi) is 6.78. The zero-order valence-corrected chi connectivity index (χ0v) is 27.5. The van der Waals surface area contributed by atoms with Gasteiger partial charge in [0, 0.05) is 33.4 Å². The summed E-state index contributed by atoms with van der Waals surface area (Å²) in [4.78, 5) is 7.18. The van der Waals surface area contributed by atoms with Crippen molar-refractivity contribution in [3.63, 3.8) is 0 Å². The second kappa shape index (κ2) is 11.9. The molecule has 10 rings (SSSR count). The quantitative estimate of drug-likeness (QED) is 0.179. The summed E-state index contributed by atoms with van der Waals surface area (Å²) in [5.41, 5.74) is 11.8. The summed E-state index contributed by atoms with van der Waals surface area (Å²) in [6.45, 7) is 0. The molecule has 2 aromatic heterocycles. The van der Waals surface area contributed by atoms with Gasteiger partial charge in [-0.15, -0.1) is 0 Å². The summed E-state index contributed by atoms with van der Waals surface area (Å²) in [5.74, 6) is 0.574. The Bertz CT molecular complexity index is 2850. The van der Waals surface area contributed by atoms with Gasteiger partial charge in [-0.1, -0.05) is 109 Å². The van der Waals surface area contributed by atoms with Crippen molar-refractivity contribution in [3.8, 4) is 33.7 Å². The molecule has 51 heavy (non-hydrogen) atoms. The minimum Gasteiger partial charge on any atom is -0.456 e. The molecule has 4 heteroatoms. The lowest BCUT2D eigenvalue weighted by atomic mass is 10.00. The van der Waals surface area contributed by atoms with Crippen LogP contribution in [-0.4, -0.2) is 4.98 Å². The molecular weight excluding hydrogens is 625 g/mol.